The maximum absolute atomic E-state index is 10.1. The van der Waals surface area contributed by atoms with E-state index in [-0.39, 0.29) is 5.84 Å². The smallest absolute Gasteiger partial charge is 0.373 e. The highest BCUT2D eigenvalue weighted by molar-refractivity contribution is 6.38. The lowest BCUT2D eigenvalue weighted by atomic mass is 10.4. The van der Waals surface area contributed by atoms with Gasteiger partial charge in [-0.1, -0.05) is 0 Å². The Kier molecular flexibility index (Phi) is 1.30. The van der Waals surface area contributed by atoms with Crippen molar-refractivity contribution in [1.82, 2.24) is 0 Å². The van der Waals surface area contributed by atoms with Crippen LogP contribution in [0.1, 0.15) is 6.92 Å². The molecule has 0 radical (unpaired) electrons. The highest BCUT2D eigenvalue weighted by atomic mass is 16.4. The fourth-order valence-corrected chi connectivity index (χ4v) is 0.556. The predicted molar refractivity (Wildman–Crippen MR) is 33.0 cm³/mol. The van der Waals surface area contributed by atoms with Crippen molar-refractivity contribution in [3.8, 4) is 0 Å². The van der Waals surface area contributed by atoms with Gasteiger partial charge in [-0.25, -0.2) is 9.79 Å². The molecule has 48 valence electrons. The van der Waals surface area contributed by atoms with Crippen LogP contribution in [-0.2, 0) is 4.79 Å². The van der Waals surface area contributed by atoms with Crippen LogP contribution in [0, 0.1) is 0 Å². The lowest BCUT2D eigenvalue weighted by molar-refractivity contribution is -0.129. The molecule has 0 unspecified atom stereocenters. The first-order valence-electron chi connectivity index (χ1n) is 2.52. The molecule has 0 saturated carbocycles. The first kappa shape index (κ1) is 5.94. The van der Waals surface area contributed by atoms with Gasteiger partial charge in [0.05, 0.1) is 6.54 Å². The van der Waals surface area contributed by atoms with Gasteiger partial charge in [-0.05, 0) is 6.92 Å². The summed E-state index contributed by atoms with van der Waals surface area (Å²) < 4.78 is 0. The summed E-state index contributed by atoms with van der Waals surface area (Å²) in [5.41, 5.74) is 0.757. The van der Waals surface area contributed by atoms with Gasteiger partial charge in [-0.15, -0.1) is 0 Å². The maximum atomic E-state index is 10.1. The minimum Gasteiger partial charge on any atom is -0.475 e. The van der Waals surface area contributed by atoms with E-state index in [1.165, 1.54) is 0 Å². The fraction of sp³-hybridized carbons (Fsp3) is 0.400. The Morgan fingerprint density at radius 2 is 2.44 bits per heavy atom. The third-order valence-electron chi connectivity index (χ3n) is 0.946. The van der Waals surface area contributed by atoms with Gasteiger partial charge in [0.25, 0.3) is 0 Å². The van der Waals surface area contributed by atoms with Gasteiger partial charge in [0.2, 0.25) is 5.84 Å². The third kappa shape index (κ3) is 1.13. The fourth-order valence-electron chi connectivity index (χ4n) is 0.556. The minimum absolute atomic E-state index is 0.0764. The van der Waals surface area contributed by atoms with Gasteiger partial charge in [0.15, 0.2) is 0 Å². The van der Waals surface area contributed by atoms with Crippen molar-refractivity contribution in [3.63, 3.8) is 0 Å². The Balaban J connectivity index is 2.75. The van der Waals surface area contributed by atoms with E-state index in [0.717, 1.165) is 5.71 Å². The largest absolute Gasteiger partial charge is 0.475 e. The molecule has 1 aliphatic heterocycles. The quantitative estimate of drug-likeness (QED) is 0.535. The average molecular weight is 126 g/mol. The molecule has 0 aliphatic carbocycles. The number of carbonyl (C=O) groups is 1. The number of carboxylic acids is 1. The van der Waals surface area contributed by atoms with Gasteiger partial charge in [-0.3, -0.25) is 4.99 Å². The van der Waals surface area contributed by atoms with E-state index in [2.05, 4.69) is 9.98 Å². The van der Waals surface area contributed by atoms with Crippen LogP contribution < -0.4 is 0 Å². The van der Waals surface area contributed by atoms with E-state index >= 15 is 0 Å². The Bertz CT molecular complexity index is 205. The zero-order chi connectivity index (χ0) is 6.85. The second kappa shape index (κ2) is 1.97. The van der Waals surface area contributed by atoms with Gasteiger partial charge >= 0.3 is 5.97 Å². The number of aliphatic imine (C=N–C) groups is 2. The zero-order valence-electron chi connectivity index (χ0n) is 4.96. The number of amidine groups is 1. The molecule has 4 heteroatoms. The standard InChI is InChI=1S/C5H6N2O2/c1-3-2-6-4(7-3)5(8)9/h2H2,1H3,(H,8,9). The average Bonchev–Trinajstić information content (AvgIpc) is 2.14. The van der Waals surface area contributed by atoms with Crippen LogP contribution >= 0.6 is 0 Å². The summed E-state index contributed by atoms with van der Waals surface area (Å²) in [6.07, 6.45) is 0. The van der Waals surface area contributed by atoms with Gasteiger partial charge in [-0.2, -0.15) is 0 Å². The molecule has 0 aromatic heterocycles. The van der Waals surface area contributed by atoms with Crippen LogP contribution in [0.3, 0.4) is 0 Å². The topological polar surface area (TPSA) is 62.0 Å². The summed E-state index contributed by atoms with van der Waals surface area (Å²) in [7, 11) is 0. The Hall–Kier alpha value is -1.19. The van der Waals surface area contributed by atoms with Crippen LogP contribution in [0.25, 0.3) is 0 Å². The molecule has 0 spiro atoms. The molecular weight excluding hydrogens is 120 g/mol. The minimum atomic E-state index is -1.05. The van der Waals surface area contributed by atoms with Gasteiger partial charge in [0.1, 0.15) is 0 Å². The van der Waals surface area contributed by atoms with E-state index in [0.29, 0.717) is 6.54 Å². The summed E-state index contributed by atoms with van der Waals surface area (Å²) in [5.74, 6) is -1.13. The van der Waals surface area contributed by atoms with Gasteiger partial charge in [0, 0.05) is 5.71 Å². The molecule has 0 fully saturated rings. The van der Waals surface area contributed by atoms with Crippen LogP contribution in [0.15, 0.2) is 9.98 Å². The highest BCUT2D eigenvalue weighted by Gasteiger charge is 2.12. The summed E-state index contributed by atoms with van der Waals surface area (Å²) in [5, 5.41) is 8.29. The van der Waals surface area contributed by atoms with Crippen LogP contribution in [0.5, 0.6) is 0 Å². The highest BCUT2D eigenvalue weighted by Crippen LogP contribution is 1.94. The molecule has 1 N–H and O–H groups in total. The number of nitrogens with zero attached hydrogens (tertiary/aromatic N) is 2. The molecule has 0 saturated heterocycles. The third-order valence-corrected chi connectivity index (χ3v) is 0.946. The number of rotatable bonds is 1. The lowest BCUT2D eigenvalue weighted by Crippen LogP contribution is -2.07. The van der Waals surface area contributed by atoms with Crippen molar-refractivity contribution < 1.29 is 9.90 Å². The van der Waals surface area contributed by atoms with Crippen molar-refractivity contribution in [2.24, 2.45) is 9.98 Å². The maximum Gasteiger partial charge on any atom is 0.373 e. The molecule has 4 nitrogen and oxygen atoms in total. The molecule has 9 heavy (non-hydrogen) atoms. The Labute approximate surface area is 51.9 Å². The molecule has 0 bridgehead atoms. The molecule has 1 rings (SSSR count). The van der Waals surface area contributed by atoms with E-state index in [1.54, 1.807) is 6.92 Å². The predicted octanol–water partition coefficient (Wildman–Crippen LogP) is -0.0560. The van der Waals surface area contributed by atoms with Crippen LogP contribution in [0.2, 0.25) is 0 Å². The molecule has 0 aromatic rings. The zero-order valence-corrected chi connectivity index (χ0v) is 4.96. The Morgan fingerprint density at radius 3 is 2.67 bits per heavy atom. The molecule has 0 amide bonds. The number of carboxylic acid groups (broad SMARTS) is 1. The van der Waals surface area contributed by atoms with Crippen LogP contribution in [0.4, 0.5) is 0 Å². The monoisotopic (exact) mass is 126 g/mol. The van der Waals surface area contributed by atoms with E-state index in [1.807, 2.05) is 0 Å². The second-order valence-electron chi connectivity index (χ2n) is 1.79. The molecule has 1 aliphatic rings. The second-order valence-corrected chi connectivity index (χ2v) is 1.79. The summed E-state index contributed by atoms with van der Waals surface area (Å²) in [6.45, 7) is 2.18. The first-order valence-corrected chi connectivity index (χ1v) is 2.52. The van der Waals surface area contributed by atoms with Crippen molar-refractivity contribution in [3.05, 3.63) is 0 Å². The number of hydrogen-bond acceptors (Lipinski definition) is 3. The van der Waals surface area contributed by atoms with E-state index in [4.69, 9.17) is 5.11 Å². The molecule has 0 aromatic carbocycles. The first-order chi connectivity index (χ1) is 4.20. The molecule has 1 heterocycles. The lowest BCUT2D eigenvalue weighted by Gasteiger charge is -1.81. The summed E-state index contributed by atoms with van der Waals surface area (Å²) >= 11 is 0. The normalized spacial score (nSPS) is 17.0. The van der Waals surface area contributed by atoms with Crippen molar-refractivity contribution in [1.29, 1.82) is 0 Å². The van der Waals surface area contributed by atoms with E-state index in [9.17, 15) is 4.79 Å². The van der Waals surface area contributed by atoms with Crippen molar-refractivity contribution in [2.45, 2.75) is 6.92 Å². The molecular formula is C5H6N2O2. The number of hydrogen-bond donors (Lipinski definition) is 1. The van der Waals surface area contributed by atoms with Gasteiger partial charge < -0.3 is 5.11 Å². The summed E-state index contributed by atoms with van der Waals surface area (Å²) in [6, 6.07) is 0. The van der Waals surface area contributed by atoms with E-state index < -0.39 is 5.97 Å². The molecule has 0 atom stereocenters. The van der Waals surface area contributed by atoms with Crippen LogP contribution in [-0.4, -0.2) is 29.2 Å². The Morgan fingerprint density at radius 1 is 1.78 bits per heavy atom. The van der Waals surface area contributed by atoms with Crippen molar-refractivity contribution in [2.75, 3.05) is 6.54 Å². The SMILES string of the molecule is CC1=NC(C(=O)O)=NC1. The number of aliphatic carboxylic acids is 1. The summed E-state index contributed by atoms with van der Waals surface area (Å²) in [4.78, 5) is 17.4. The van der Waals surface area contributed by atoms with Crippen molar-refractivity contribution >= 4 is 17.5 Å².